The second-order valence-electron chi connectivity index (χ2n) is 6.20. The molecule has 4 rings (SSSR count). The van der Waals surface area contributed by atoms with Crippen molar-refractivity contribution >= 4 is 11.9 Å². The summed E-state index contributed by atoms with van der Waals surface area (Å²) in [6.07, 6.45) is 0.131. The van der Waals surface area contributed by atoms with E-state index >= 15 is 0 Å². The van der Waals surface area contributed by atoms with Crippen molar-refractivity contribution in [1.29, 1.82) is 0 Å². The third kappa shape index (κ3) is 2.80. The van der Waals surface area contributed by atoms with Crippen LogP contribution in [0.2, 0.25) is 0 Å². The molecule has 2 fully saturated rings. The van der Waals surface area contributed by atoms with Crippen LogP contribution in [0.5, 0.6) is 11.5 Å². The molecule has 1 aromatic carbocycles. The molecule has 0 saturated carbocycles. The normalized spacial score (nSPS) is 27.0. The number of ether oxygens (including phenoxy) is 3. The molecule has 3 aliphatic rings. The van der Waals surface area contributed by atoms with E-state index in [0.717, 1.165) is 6.42 Å². The zero-order chi connectivity index (χ0) is 16.5. The monoisotopic (exact) mass is 332 g/mol. The van der Waals surface area contributed by atoms with Crippen LogP contribution in [-0.4, -0.2) is 73.2 Å². The summed E-state index contributed by atoms with van der Waals surface area (Å²) in [5.41, 5.74) is 0. The number of benzene rings is 1. The van der Waals surface area contributed by atoms with E-state index in [1.54, 1.807) is 11.0 Å². The second-order valence-corrected chi connectivity index (χ2v) is 6.20. The van der Waals surface area contributed by atoms with Crippen LogP contribution in [0.1, 0.15) is 6.42 Å². The molecule has 2 atom stereocenters. The van der Waals surface area contributed by atoms with Crippen molar-refractivity contribution in [1.82, 2.24) is 9.80 Å². The summed E-state index contributed by atoms with van der Waals surface area (Å²) in [6, 6.07) is 7.21. The maximum Gasteiger partial charge on any atom is 0.323 e. The Morgan fingerprint density at radius 2 is 1.79 bits per heavy atom. The van der Waals surface area contributed by atoms with Gasteiger partial charge in [-0.25, -0.2) is 0 Å². The lowest BCUT2D eigenvalue weighted by Crippen LogP contribution is -2.56. The van der Waals surface area contributed by atoms with Crippen molar-refractivity contribution in [3.8, 4) is 11.5 Å². The Kier molecular flexibility index (Phi) is 4.02. The van der Waals surface area contributed by atoms with Crippen LogP contribution < -0.4 is 9.47 Å². The molecule has 3 aliphatic heterocycles. The van der Waals surface area contributed by atoms with Crippen LogP contribution in [0.25, 0.3) is 0 Å². The Bertz CT molecular complexity index is 642. The minimum atomic E-state index is -0.608. The number of rotatable bonds is 2. The smallest absolute Gasteiger partial charge is 0.323 e. The average Bonchev–Trinajstić information content (AvgIpc) is 3.07. The highest BCUT2D eigenvalue weighted by Gasteiger charge is 2.37. The number of carbonyl (C=O) groups is 2. The minimum Gasteiger partial charge on any atom is -0.485 e. The topological polar surface area (TPSA) is 68.3 Å². The van der Waals surface area contributed by atoms with Crippen LogP contribution in [0.3, 0.4) is 0 Å². The molecule has 1 aromatic rings. The lowest BCUT2D eigenvalue weighted by atomic mass is 10.1. The number of hydrogen-bond donors (Lipinski definition) is 0. The van der Waals surface area contributed by atoms with Gasteiger partial charge in [0.05, 0.1) is 6.61 Å². The van der Waals surface area contributed by atoms with E-state index in [0.29, 0.717) is 44.3 Å². The number of piperazine rings is 1. The van der Waals surface area contributed by atoms with Crippen molar-refractivity contribution in [2.45, 2.75) is 18.6 Å². The Hall–Kier alpha value is -2.28. The van der Waals surface area contributed by atoms with Crippen LogP contribution in [0.4, 0.5) is 0 Å². The van der Waals surface area contributed by atoms with Gasteiger partial charge in [0, 0.05) is 32.6 Å². The van der Waals surface area contributed by atoms with Gasteiger partial charge in [0.2, 0.25) is 6.10 Å². The molecule has 7 nitrogen and oxygen atoms in total. The largest absolute Gasteiger partial charge is 0.485 e. The highest BCUT2D eigenvalue weighted by molar-refractivity contribution is 5.82. The summed E-state index contributed by atoms with van der Waals surface area (Å²) in [5.74, 6) is 1.08. The Morgan fingerprint density at radius 1 is 1.04 bits per heavy atom. The van der Waals surface area contributed by atoms with Crippen LogP contribution in [-0.2, 0) is 14.3 Å². The molecule has 3 heterocycles. The predicted molar refractivity (Wildman–Crippen MR) is 83.9 cm³/mol. The number of fused-ring (bicyclic) bond motifs is 1. The first kappa shape index (κ1) is 15.3. The summed E-state index contributed by atoms with van der Waals surface area (Å²) in [6.45, 7) is 3.25. The molecule has 0 radical (unpaired) electrons. The first-order valence-electron chi connectivity index (χ1n) is 8.30. The maximum atomic E-state index is 12.7. The van der Waals surface area contributed by atoms with Gasteiger partial charge in [-0.05, 0) is 12.1 Å². The number of amides is 1. The average molecular weight is 332 g/mol. The van der Waals surface area contributed by atoms with Gasteiger partial charge in [0.25, 0.3) is 5.91 Å². The zero-order valence-electron chi connectivity index (χ0n) is 13.3. The first-order chi connectivity index (χ1) is 11.7. The van der Waals surface area contributed by atoms with Crippen molar-refractivity contribution in [3.05, 3.63) is 24.3 Å². The highest BCUT2D eigenvalue weighted by Crippen LogP contribution is 2.31. The standard InChI is InChI=1S/C17H20N2O5/c20-16(15-11-23-13-3-1-2-4-14(13)24-15)19-8-6-18(7-9-19)12-5-10-22-17(12)21/h1-4,12,15H,5-11H2/t12-,15-/m0/s1. The molecular weight excluding hydrogens is 312 g/mol. The number of cyclic esters (lactones) is 1. The Labute approximate surface area is 140 Å². The van der Waals surface area contributed by atoms with Gasteiger partial charge in [-0.15, -0.1) is 0 Å². The van der Waals surface area contributed by atoms with E-state index in [-0.39, 0.29) is 24.5 Å². The molecule has 0 aliphatic carbocycles. The zero-order valence-corrected chi connectivity index (χ0v) is 13.3. The van der Waals surface area contributed by atoms with Gasteiger partial charge in [-0.1, -0.05) is 12.1 Å². The fourth-order valence-electron chi connectivity index (χ4n) is 3.42. The molecule has 2 saturated heterocycles. The molecule has 0 aromatic heterocycles. The van der Waals surface area contributed by atoms with Crippen molar-refractivity contribution < 1.29 is 23.8 Å². The number of esters is 1. The van der Waals surface area contributed by atoms with E-state index in [9.17, 15) is 9.59 Å². The van der Waals surface area contributed by atoms with E-state index in [1.165, 1.54) is 0 Å². The van der Waals surface area contributed by atoms with E-state index in [2.05, 4.69) is 4.90 Å². The highest BCUT2D eigenvalue weighted by atomic mass is 16.6. The Balaban J connectivity index is 1.34. The van der Waals surface area contributed by atoms with Gasteiger partial charge < -0.3 is 19.1 Å². The molecule has 128 valence electrons. The molecule has 0 N–H and O–H groups in total. The van der Waals surface area contributed by atoms with Crippen molar-refractivity contribution in [2.75, 3.05) is 39.4 Å². The molecular formula is C17H20N2O5. The van der Waals surface area contributed by atoms with Gasteiger partial charge in [0.15, 0.2) is 11.5 Å². The van der Waals surface area contributed by atoms with E-state index in [4.69, 9.17) is 14.2 Å². The first-order valence-corrected chi connectivity index (χ1v) is 8.30. The Morgan fingerprint density at radius 3 is 2.50 bits per heavy atom. The molecule has 0 spiro atoms. The third-order valence-corrected chi connectivity index (χ3v) is 4.76. The summed E-state index contributed by atoms with van der Waals surface area (Å²) >= 11 is 0. The van der Waals surface area contributed by atoms with Crippen LogP contribution >= 0.6 is 0 Å². The molecule has 7 heteroatoms. The van der Waals surface area contributed by atoms with E-state index < -0.39 is 6.10 Å². The van der Waals surface area contributed by atoms with Gasteiger partial charge in [0.1, 0.15) is 12.6 Å². The fraction of sp³-hybridized carbons (Fsp3) is 0.529. The summed E-state index contributed by atoms with van der Waals surface area (Å²) in [7, 11) is 0. The van der Waals surface area contributed by atoms with Crippen molar-refractivity contribution in [2.24, 2.45) is 0 Å². The van der Waals surface area contributed by atoms with Gasteiger partial charge in [-0.2, -0.15) is 0 Å². The fourth-order valence-corrected chi connectivity index (χ4v) is 3.42. The SMILES string of the molecule is O=C1OCC[C@@H]1N1CCN(C(=O)[C@@H]2COc3ccccc3O2)CC1. The van der Waals surface area contributed by atoms with E-state index in [1.807, 2.05) is 18.2 Å². The second kappa shape index (κ2) is 6.32. The number of hydrogen-bond acceptors (Lipinski definition) is 6. The number of para-hydroxylation sites is 2. The lowest BCUT2D eigenvalue weighted by Gasteiger charge is -2.38. The molecule has 0 unspecified atom stereocenters. The summed E-state index contributed by atoms with van der Waals surface area (Å²) < 4.78 is 16.4. The predicted octanol–water partition coefficient (Wildman–Crippen LogP) is 0.286. The number of nitrogens with zero attached hydrogens (tertiary/aromatic N) is 2. The summed E-state index contributed by atoms with van der Waals surface area (Å²) in [5, 5.41) is 0. The van der Waals surface area contributed by atoms with Gasteiger partial charge >= 0.3 is 5.97 Å². The maximum absolute atomic E-state index is 12.7. The van der Waals surface area contributed by atoms with Crippen LogP contribution in [0.15, 0.2) is 24.3 Å². The van der Waals surface area contributed by atoms with Gasteiger partial charge in [-0.3, -0.25) is 14.5 Å². The molecule has 24 heavy (non-hydrogen) atoms. The third-order valence-electron chi connectivity index (χ3n) is 4.76. The summed E-state index contributed by atoms with van der Waals surface area (Å²) in [4.78, 5) is 28.2. The lowest BCUT2D eigenvalue weighted by molar-refractivity contribution is -0.145. The van der Waals surface area contributed by atoms with Crippen molar-refractivity contribution in [3.63, 3.8) is 0 Å². The minimum absolute atomic E-state index is 0.0573. The van der Waals surface area contributed by atoms with Crippen LogP contribution in [0, 0.1) is 0 Å². The number of carbonyl (C=O) groups excluding carboxylic acids is 2. The molecule has 0 bridgehead atoms. The molecule has 1 amide bonds. The quantitative estimate of drug-likeness (QED) is 0.725.